The van der Waals surface area contributed by atoms with E-state index in [0.29, 0.717) is 31.9 Å². The van der Waals surface area contributed by atoms with Crippen LogP contribution in [0.4, 0.5) is 11.4 Å². The fourth-order valence-corrected chi connectivity index (χ4v) is 4.79. The lowest BCUT2D eigenvalue weighted by Crippen LogP contribution is -2.51. The van der Waals surface area contributed by atoms with Gasteiger partial charge in [-0.15, -0.1) is 0 Å². The molecule has 1 aliphatic heterocycles. The van der Waals surface area contributed by atoms with Crippen molar-refractivity contribution in [3.05, 3.63) is 28.3 Å². The molecule has 1 aromatic rings. The second-order valence-corrected chi connectivity index (χ2v) is 8.63. The molecule has 0 aliphatic carbocycles. The first-order valence-corrected chi connectivity index (χ1v) is 11.0. The lowest BCUT2D eigenvalue weighted by Gasteiger charge is -2.36. The summed E-state index contributed by atoms with van der Waals surface area (Å²) in [5.41, 5.74) is 0.0867. The summed E-state index contributed by atoms with van der Waals surface area (Å²) in [7, 11) is -2.33. The predicted octanol–water partition coefficient (Wildman–Crippen LogP) is 1.31. The van der Waals surface area contributed by atoms with Gasteiger partial charge in [0.05, 0.1) is 9.82 Å². The van der Waals surface area contributed by atoms with Crippen LogP contribution in [0.15, 0.2) is 23.1 Å². The number of hydrogen-bond acceptors (Lipinski definition) is 7. The Balaban J connectivity index is 2.27. The number of benzene rings is 1. The van der Waals surface area contributed by atoms with Crippen molar-refractivity contribution in [2.45, 2.75) is 31.8 Å². The Bertz CT molecular complexity index is 848. The van der Waals surface area contributed by atoms with E-state index in [1.807, 2.05) is 0 Å². The maximum atomic E-state index is 12.7. The van der Waals surface area contributed by atoms with Crippen LogP contribution in [0.2, 0.25) is 0 Å². The summed E-state index contributed by atoms with van der Waals surface area (Å²) < 4.78 is 31.7. The second-order valence-electron chi connectivity index (χ2n) is 6.69. The molecule has 1 aliphatic rings. The number of hydrogen-bond donors (Lipinski definition) is 0. The van der Waals surface area contributed by atoms with E-state index in [1.165, 1.54) is 23.5 Å². The normalized spacial score (nSPS) is 16.2. The molecule has 29 heavy (non-hydrogen) atoms. The molecule has 0 N–H and O–H groups in total. The average Bonchev–Trinajstić information content (AvgIpc) is 2.72. The molecule has 1 aromatic carbocycles. The summed E-state index contributed by atoms with van der Waals surface area (Å²) in [6, 6.07) is 4.00. The molecule has 10 nitrogen and oxygen atoms in total. The van der Waals surface area contributed by atoms with E-state index in [0.717, 1.165) is 6.07 Å². The zero-order valence-electron chi connectivity index (χ0n) is 17.2. The van der Waals surface area contributed by atoms with Gasteiger partial charge in [0.15, 0.2) is 0 Å². The van der Waals surface area contributed by atoms with Gasteiger partial charge in [0, 0.05) is 52.4 Å². The SMILES string of the molecule is CCN(CC)S(=O)(=O)c1ccc(N2CCN(C(=O)[C@@H](C)OC)CC2)c([N+](=O)[O-])c1. The number of anilines is 1. The van der Waals surface area contributed by atoms with Gasteiger partial charge in [0.1, 0.15) is 11.8 Å². The standard InChI is InChI=1S/C18H28N4O6S/c1-5-21(6-2)29(26,27)15-7-8-16(17(13-15)22(24)25)19-9-11-20(12-10-19)18(23)14(3)28-4/h7-8,13-14H,5-6,9-12H2,1-4H3/t14-/m1/s1. The van der Waals surface area contributed by atoms with Crippen molar-refractivity contribution in [3.63, 3.8) is 0 Å². The quantitative estimate of drug-likeness (QED) is 0.453. The molecule has 1 saturated heterocycles. The van der Waals surface area contributed by atoms with Crippen LogP contribution in [0.1, 0.15) is 20.8 Å². The Hall–Kier alpha value is -2.24. The van der Waals surface area contributed by atoms with Gasteiger partial charge in [-0.25, -0.2) is 8.42 Å². The van der Waals surface area contributed by atoms with E-state index in [1.54, 1.807) is 30.6 Å². The number of carbonyl (C=O) groups excluding carboxylic acids is 1. The fraction of sp³-hybridized carbons (Fsp3) is 0.611. The molecule has 0 saturated carbocycles. The Labute approximate surface area is 171 Å². The summed E-state index contributed by atoms with van der Waals surface area (Å²) >= 11 is 0. The molecule has 0 spiro atoms. The largest absolute Gasteiger partial charge is 0.372 e. The molecule has 1 amide bonds. The van der Waals surface area contributed by atoms with Crippen molar-refractivity contribution in [2.75, 3.05) is 51.3 Å². The number of nitro groups is 1. The van der Waals surface area contributed by atoms with Crippen LogP contribution >= 0.6 is 0 Å². The second kappa shape index (κ2) is 9.51. The molecule has 1 heterocycles. The number of nitro benzene ring substituents is 1. The van der Waals surface area contributed by atoms with Gasteiger partial charge < -0.3 is 14.5 Å². The van der Waals surface area contributed by atoms with E-state index in [2.05, 4.69) is 0 Å². The summed E-state index contributed by atoms with van der Waals surface area (Å²) in [6.07, 6.45) is -0.541. The molecule has 2 rings (SSSR count). The Morgan fingerprint density at radius 1 is 1.24 bits per heavy atom. The van der Waals surface area contributed by atoms with Crippen LogP contribution in [0.5, 0.6) is 0 Å². The third-order valence-electron chi connectivity index (χ3n) is 5.12. The predicted molar refractivity (Wildman–Crippen MR) is 108 cm³/mol. The summed E-state index contributed by atoms with van der Waals surface area (Å²) in [6.45, 7) is 7.30. The van der Waals surface area contributed by atoms with Crippen molar-refractivity contribution in [1.82, 2.24) is 9.21 Å². The number of methoxy groups -OCH3 is 1. The number of ether oxygens (including phenoxy) is 1. The minimum atomic E-state index is -3.79. The lowest BCUT2D eigenvalue weighted by atomic mass is 10.2. The van der Waals surface area contributed by atoms with E-state index in [9.17, 15) is 23.3 Å². The highest BCUT2D eigenvalue weighted by Crippen LogP contribution is 2.32. The van der Waals surface area contributed by atoms with Crippen LogP contribution in [-0.2, 0) is 19.6 Å². The topological polar surface area (TPSA) is 113 Å². The highest BCUT2D eigenvalue weighted by atomic mass is 32.2. The van der Waals surface area contributed by atoms with Gasteiger partial charge in [-0.05, 0) is 19.1 Å². The highest BCUT2D eigenvalue weighted by molar-refractivity contribution is 7.89. The van der Waals surface area contributed by atoms with E-state index < -0.39 is 21.1 Å². The van der Waals surface area contributed by atoms with Gasteiger partial charge in [-0.2, -0.15) is 4.31 Å². The van der Waals surface area contributed by atoms with E-state index in [-0.39, 0.29) is 29.6 Å². The molecule has 11 heteroatoms. The number of amides is 1. The van der Waals surface area contributed by atoms with Gasteiger partial charge in [0.25, 0.3) is 11.6 Å². The zero-order valence-corrected chi connectivity index (χ0v) is 18.0. The smallest absolute Gasteiger partial charge is 0.293 e. The average molecular weight is 429 g/mol. The van der Waals surface area contributed by atoms with Crippen LogP contribution in [0, 0.1) is 10.1 Å². The van der Waals surface area contributed by atoms with Crippen molar-refractivity contribution in [1.29, 1.82) is 0 Å². The third-order valence-corrected chi connectivity index (χ3v) is 7.17. The first-order chi connectivity index (χ1) is 13.7. The molecule has 0 aromatic heterocycles. The van der Waals surface area contributed by atoms with Crippen LogP contribution < -0.4 is 4.90 Å². The van der Waals surface area contributed by atoms with Gasteiger partial charge in [-0.3, -0.25) is 14.9 Å². The van der Waals surface area contributed by atoms with Crippen LogP contribution in [0.25, 0.3) is 0 Å². The van der Waals surface area contributed by atoms with Crippen molar-refractivity contribution in [3.8, 4) is 0 Å². The minimum Gasteiger partial charge on any atom is -0.372 e. The molecule has 0 unspecified atom stereocenters. The minimum absolute atomic E-state index is 0.0978. The Morgan fingerprint density at radius 3 is 2.31 bits per heavy atom. The highest BCUT2D eigenvalue weighted by Gasteiger charge is 2.30. The number of carbonyl (C=O) groups is 1. The van der Waals surface area contributed by atoms with E-state index >= 15 is 0 Å². The molecule has 0 bridgehead atoms. The van der Waals surface area contributed by atoms with Crippen LogP contribution in [0.3, 0.4) is 0 Å². The van der Waals surface area contributed by atoms with E-state index in [4.69, 9.17) is 4.74 Å². The van der Waals surface area contributed by atoms with Crippen molar-refractivity contribution in [2.24, 2.45) is 0 Å². The number of sulfonamides is 1. The van der Waals surface area contributed by atoms with Gasteiger partial charge in [0.2, 0.25) is 10.0 Å². The first kappa shape index (κ1) is 23.0. The number of rotatable bonds is 8. The number of piperazine rings is 1. The number of nitrogens with zero attached hydrogens (tertiary/aromatic N) is 4. The molecule has 1 fully saturated rings. The lowest BCUT2D eigenvalue weighted by molar-refractivity contribution is -0.384. The van der Waals surface area contributed by atoms with Crippen LogP contribution in [-0.4, -0.2) is 80.9 Å². The third kappa shape index (κ3) is 4.85. The van der Waals surface area contributed by atoms with Gasteiger partial charge in [-0.1, -0.05) is 13.8 Å². The van der Waals surface area contributed by atoms with Crippen molar-refractivity contribution < 1.29 is 22.9 Å². The Kier molecular flexibility index (Phi) is 7.55. The Morgan fingerprint density at radius 2 is 1.83 bits per heavy atom. The molecular weight excluding hydrogens is 400 g/mol. The molecule has 162 valence electrons. The fourth-order valence-electron chi connectivity index (χ4n) is 3.32. The summed E-state index contributed by atoms with van der Waals surface area (Å²) in [5.74, 6) is -0.123. The molecule has 0 radical (unpaired) electrons. The maximum absolute atomic E-state index is 12.7. The zero-order chi connectivity index (χ0) is 21.8. The van der Waals surface area contributed by atoms with Gasteiger partial charge >= 0.3 is 0 Å². The molecule has 1 atom stereocenters. The monoisotopic (exact) mass is 428 g/mol. The van der Waals surface area contributed by atoms with Crippen molar-refractivity contribution >= 4 is 27.3 Å². The molecular formula is C18H28N4O6S. The summed E-state index contributed by atoms with van der Waals surface area (Å²) in [5, 5.41) is 11.6. The maximum Gasteiger partial charge on any atom is 0.293 e. The first-order valence-electron chi connectivity index (χ1n) is 9.52. The summed E-state index contributed by atoms with van der Waals surface area (Å²) in [4.78, 5) is 26.7.